The Kier molecular flexibility index (Phi) is 8.27. The Labute approximate surface area is 261 Å². The largest absolute Gasteiger partial charge is 0.496 e. The van der Waals surface area contributed by atoms with Crippen molar-refractivity contribution in [2.45, 2.75) is 32.4 Å². The number of esters is 1. The molecule has 0 atom stereocenters. The first-order valence-corrected chi connectivity index (χ1v) is 14.3. The SMILES string of the molecule is COC(=O)c1ccc2nc(Cc3cc(F)c(-c4ccnc(OCc5ccc(C#N)cc5OC)n4)cc3F)n(CC3(CF)CC3)c2n1. The number of hydrogen-bond donors (Lipinski definition) is 0. The van der Waals surface area contributed by atoms with E-state index in [0.717, 1.165) is 12.1 Å². The fourth-order valence-corrected chi connectivity index (χ4v) is 5.14. The first-order chi connectivity index (χ1) is 22.3. The molecule has 0 amide bonds. The maximum Gasteiger partial charge on any atom is 0.356 e. The van der Waals surface area contributed by atoms with Gasteiger partial charge in [0.15, 0.2) is 11.3 Å². The molecule has 0 aliphatic heterocycles. The van der Waals surface area contributed by atoms with Crippen molar-refractivity contribution in [1.82, 2.24) is 24.5 Å². The quantitative estimate of drug-likeness (QED) is 0.168. The molecule has 3 aromatic heterocycles. The molecular weight excluding hydrogens is 601 g/mol. The van der Waals surface area contributed by atoms with E-state index in [9.17, 15) is 9.18 Å². The number of pyridine rings is 1. The summed E-state index contributed by atoms with van der Waals surface area (Å²) in [5.41, 5.74) is 1.32. The number of carbonyl (C=O) groups excluding carboxylic acids is 1. The Balaban J connectivity index is 1.27. The number of rotatable bonds is 11. The third-order valence-electron chi connectivity index (χ3n) is 7.97. The van der Waals surface area contributed by atoms with Crippen LogP contribution in [0, 0.1) is 28.4 Å². The minimum atomic E-state index is -0.731. The smallest absolute Gasteiger partial charge is 0.356 e. The fraction of sp³-hybridized carbons (Fsp3) is 0.273. The third-order valence-corrected chi connectivity index (χ3v) is 7.97. The summed E-state index contributed by atoms with van der Waals surface area (Å²) < 4.78 is 62.5. The second-order valence-corrected chi connectivity index (χ2v) is 11.0. The number of nitriles is 1. The van der Waals surface area contributed by atoms with E-state index in [4.69, 9.17) is 19.5 Å². The van der Waals surface area contributed by atoms with Crippen LogP contribution in [-0.2, 0) is 24.3 Å². The van der Waals surface area contributed by atoms with Gasteiger partial charge < -0.3 is 18.8 Å². The average Bonchev–Trinajstić information content (AvgIpc) is 3.79. The molecule has 0 saturated heterocycles. The van der Waals surface area contributed by atoms with Crippen molar-refractivity contribution in [3.8, 4) is 29.1 Å². The Morgan fingerprint density at radius 2 is 1.85 bits per heavy atom. The molecule has 1 fully saturated rings. The van der Waals surface area contributed by atoms with Gasteiger partial charge in [0.1, 0.15) is 35.3 Å². The summed E-state index contributed by atoms with van der Waals surface area (Å²) in [5, 5.41) is 9.11. The molecule has 10 nitrogen and oxygen atoms in total. The molecule has 0 radical (unpaired) electrons. The minimum absolute atomic E-state index is 0.00872. The number of hydrogen-bond acceptors (Lipinski definition) is 9. The summed E-state index contributed by atoms with van der Waals surface area (Å²) in [6, 6.07) is 13.5. The summed E-state index contributed by atoms with van der Waals surface area (Å²) in [6.45, 7) is -0.311. The molecule has 0 spiro atoms. The first kappa shape index (κ1) is 30.5. The van der Waals surface area contributed by atoms with Crippen LogP contribution in [0.3, 0.4) is 0 Å². The van der Waals surface area contributed by atoms with Crippen LogP contribution in [0.2, 0.25) is 0 Å². The van der Waals surface area contributed by atoms with Crippen molar-refractivity contribution in [3.05, 3.63) is 94.6 Å². The lowest BCUT2D eigenvalue weighted by molar-refractivity contribution is 0.0594. The van der Waals surface area contributed by atoms with Gasteiger partial charge in [-0.25, -0.2) is 28.5 Å². The molecular formula is C33H27F3N6O4. The normalized spacial score (nSPS) is 13.3. The van der Waals surface area contributed by atoms with Crippen LogP contribution in [0.4, 0.5) is 13.2 Å². The maximum atomic E-state index is 15.6. The molecule has 13 heteroatoms. The standard InChI is InChI=1S/C33H27F3N6O4/c1-44-28-11-19(15-37)3-4-20(28)16-46-32-38-10-7-25(41-32)22-14-23(35)21(12-24(22)36)13-29-39-26-5-6-27(31(43)45-2)40-30(26)42(29)18-33(17-34)8-9-33/h3-7,10-12,14H,8-9,13,16-18H2,1-2H3. The van der Waals surface area contributed by atoms with Gasteiger partial charge in [0.05, 0.1) is 38.2 Å². The molecule has 0 N–H and O–H groups in total. The number of aromatic nitrogens is 5. The van der Waals surface area contributed by atoms with Crippen molar-refractivity contribution >= 4 is 17.1 Å². The van der Waals surface area contributed by atoms with E-state index in [-0.39, 0.29) is 48.1 Å². The number of methoxy groups -OCH3 is 2. The minimum Gasteiger partial charge on any atom is -0.496 e. The molecule has 1 aliphatic rings. The second kappa shape index (κ2) is 12.5. The van der Waals surface area contributed by atoms with Gasteiger partial charge in [-0.1, -0.05) is 6.07 Å². The summed E-state index contributed by atoms with van der Waals surface area (Å²) in [4.78, 5) is 29.4. The van der Waals surface area contributed by atoms with Gasteiger partial charge in [-0.05, 0) is 60.9 Å². The Morgan fingerprint density at radius 1 is 1.02 bits per heavy atom. The van der Waals surface area contributed by atoms with Crippen molar-refractivity contribution in [1.29, 1.82) is 5.26 Å². The zero-order valence-corrected chi connectivity index (χ0v) is 24.9. The first-order valence-electron chi connectivity index (χ1n) is 14.3. The highest BCUT2D eigenvalue weighted by molar-refractivity contribution is 5.89. The van der Waals surface area contributed by atoms with Gasteiger partial charge in [0.2, 0.25) is 0 Å². The van der Waals surface area contributed by atoms with Crippen LogP contribution in [0.25, 0.3) is 22.4 Å². The van der Waals surface area contributed by atoms with Crippen molar-refractivity contribution < 1.29 is 32.2 Å². The summed E-state index contributed by atoms with van der Waals surface area (Å²) >= 11 is 0. The number of fused-ring (bicyclic) bond motifs is 1. The van der Waals surface area contributed by atoms with Crippen LogP contribution in [0.15, 0.2) is 54.7 Å². The number of ether oxygens (including phenoxy) is 3. The van der Waals surface area contributed by atoms with Crippen molar-refractivity contribution in [2.24, 2.45) is 5.41 Å². The number of imidazole rings is 1. The number of alkyl halides is 1. The Bertz CT molecular complexity index is 2000. The van der Waals surface area contributed by atoms with Crippen LogP contribution >= 0.6 is 0 Å². The van der Waals surface area contributed by atoms with E-state index in [1.54, 1.807) is 28.8 Å². The summed E-state index contributed by atoms with van der Waals surface area (Å²) in [6.07, 6.45) is 2.60. The molecule has 0 unspecified atom stereocenters. The molecule has 234 valence electrons. The topological polar surface area (TPSA) is 125 Å². The van der Waals surface area contributed by atoms with Crippen LogP contribution in [-0.4, -0.2) is 51.4 Å². The van der Waals surface area contributed by atoms with Gasteiger partial charge >= 0.3 is 12.0 Å². The van der Waals surface area contributed by atoms with Crippen molar-refractivity contribution in [3.63, 3.8) is 0 Å². The maximum absolute atomic E-state index is 15.6. The lowest BCUT2D eigenvalue weighted by Crippen LogP contribution is -2.17. The second-order valence-electron chi connectivity index (χ2n) is 11.0. The highest BCUT2D eigenvalue weighted by atomic mass is 19.1. The molecule has 5 aromatic rings. The van der Waals surface area contributed by atoms with Gasteiger partial charge in [0, 0.05) is 35.7 Å². The van der Waals surface area contributed by atoms with Crippen molar-refractivity contribution in [2.75, 3.05) is 20.9 Å². The summed E-state index contributed by atoms with van der Waals surface area (Å²) in [7, 11) is 2.71. The fourth-order valence-electron chi connectivity index (χ4n) is 5.14. The van der Waals surface area contributed by atoms with Crippen LogP contribution < -0.4 is 9.47 Å². The van der Waals surface area contributed by atoms with E-state index in [0.29, 0.717) is 46.7 Å². The molecule has 6 rings (SSSR count). The Morgan fingerprint density at radius 3 is 2.57 bits per heavy atom. The predicted octanol–water partition coefficient (Wildman–Crippen LogP) is 5.75. The molecule has 3 heterocycles. The highest BCUT2D eigenvalue weighted by Gasteiger charge is 2.44. The van der Waals surface area contributed by atoms with E-state index in [1.807, 2.05) is 6.07 Å². The number of nitrogens with zero attached hydrogens (tertiary/aromatic N) is 6. The molecule has 1 aliphatic carbocycles. The van der Waals surface area contributed by atoms with Gasteiger partial charge in [0.25, 0.3) is 0 Å². The molecule has 1 saturated carbocycles. The predicted molar refractivity (Wildman–Crippen MR) is 159 cm³/mol. The Hall–Kier alpha value is -5.51. The lowest BCUT2D eigenvalue weighted by Gasteiger charge is -2.15. The molecule has 2 aromatic carbocycles. The third kappa shape index (κ3) is 6.06. The van der Waals surface area contributed by atoms with Gasteiger partial charge in [-0.2, -0.15) is 10.2 Å². The molecule has 0 bridgehead atoms. The van der Waals surface area contributed by atoms with E-state index >= 15 is 8.78 Å². The number of halogens is 3. The molecule has 46 heavy (non-hydrogen) atoms. The van der Waals surface area contributed by atoms with E-state index in [1.165, 1.54) is 32.5 Å². The number of carbonyl (C=O) groups is 1. The van der Waals surface area contributed by atoms with Crippen LogP contribution in [0.5, 0.6) is 11.8 Å². The highest BCUT2D eigenvalue weighted by Crippen LogP contribution is 2.48. The number of benzene rings is 2. The van der Waals surface area contributed by atoms with Gasteiger partial charge in [-0.3, -0.25) is 4.39 Å². The lowest BCUT2D eigenvalue weighted by atomic mass is 10.0. The monoisotopic (exact) mass is 628 g/mol. The van der Waals surface area contributed by atoms with E-state index in [2.05, 4.69) is 19.9 Å². The zero-order chi connectivity index (χ0) is 32.4. The van der Waals surface area contributed by atoms with Crippen LogP contribution in [0.1, 0.15) is 45.8 Å². The van der Waals surface area contributed by atoms with Gasteiger partial charge in [-0.15, -0.1) is 0 Å². The average molecular weight is 629 g/mol. The summed E-state index contributed by atoms with van der Waals surface area (Å²) in [5.74, 6) is -1.27. The zero-order valence-electron chi connectivity index (χ0n) is 24.9. The van der Waals surface area contributed by atoms with E-state index < -0.39 is 29.7 Å².